The zero-order valence-corrected chi connectivity index (χ0v) is 12.2. The molecular weight excluding hydrogens is 256 g/mol. The van der Waals surface area contributed by atoms with Crippen LogP contribution in [0.15, 0.2) is 22.8 Å². The molecule has 2 atom stereocenters. The van der Waals surface area contributed by atoms with Gasteiger partial charge in [0.05, 0.1) is 12.8 Å². The molecule has 2 unspecified atom stereocenters. The normalized spacial score (nSPS) is 23.1. The molecule has 20 heavy (non-hydrogen) atoms. The largest absolute Gasteiger partial charge is 0.467 e. The van der Waals surface area contributed by atoms with E-state index >= 15 is 0 Å². The first kappa shape index (κ1) is 14.9. The maximum atomic E-state index is 11.9. The molecule has 1 aromatic rings. The molecule has 1 aliphatic carbocycles. The van der Waals surface area contributed by atoms with E-state index in [1.165, 1.54) is 12.7 Å². The maximum Gasteiger partial charge on any atom is 0.315 e. The van der Waals surface area contributed by atoms with E-state index < -0.39 is 6.10 Å². The zero-order chi connectivity index (χ0) is 14.6. The second kappa shape index (κ2) is 6.31. The Morgan fingerprint density at radius 1 is 1.55 bits per heavy atom. The van der Waals surface area contributed by atoms with E-state index in [-0.39, 0.29) is 24.0 Å². The standard InChI is InChI=1S/C15H24N2O3/c1-15(2)8-4-3-7-13(15)17-14(19)16-10-11(18)12-6-5-9-20-12/h5-6,9,11,13,18H,3-4,7-8,10H2,1-2H3,(H2,16,17,19). The van der Waals surface area contributed by atoms with E-state index in [2.05, 4.69) is 24.5 Å². The molecule has 0 spiro atoms. The van der Waals surface area contributed by atoms with Crippen molar-refractivity contribution in [1.82, 2.24) is 10.6 Å². The number of aliphatic hydroxyl groups excluding tert-OH is 1. The van der Waals surface area contributed by atoms with Crippen LogP contribution in [0.3, 0.4) is 0 Å². The molecule has 1 fully saturated rings. The van der Waals surface area contributed by atoms with Gasteiger partial charge in [-0.2, -0.15) is 0 Å². The minimum Gasteiger partial charge on any atom is -0.467 e. The van der Waals surface area contributed by atoms with Crippen molar-refractivity contribution in [3.63, 3.8) is 0 Å². The highest BCUT2D eigenvalue weighted by atomic mass is 16.4. The molecule has 0 aliphatic heterocycles. The maximum absolute atomic E-state index is 11.9. The average Bonchev–Trinajstić information content (AvgIpc) is 2.92. The van der Waals surface area contributed by atoms with Crippen molar-refractivity contribution in [3.05, 3.63) is 24.2 Å². The molecule has 1 saturated carbocycles. The first-order chi connectivity index (χ1) is 9.49. The van der Waals surface area contributed by atoms with Crippen LogP contribution in [-0.2, 0) is 0 Å². The molecule has 112 valence electrons. The van der Waals surface area contributed by atoms with Crippen LogP contribution >= 0.6 is 0 Å². The average molecular weight is 280 g/mol. The van der Waals surface area contributed by atoms with Crippen LogP contribution in [0.1, 0.15) is 51.4 Å². The van der Waals surface area contributed by atoms with Crippen molar-refractivity contribution in [3.8, 4) is 0 Å². The third-order valence-corrected chi connectivity index (χ3v) is 4.14. The minimum atomic E-state index is -0.810. The molecule has 0 radical (unpaired) electrons. The van der Waals surface area contributed by atoms with E-state index in [1.807, 2.05) is 0 Å². The SMILES string of the molecule is CC1(C)CCCCC1NC(=O)NCC(O)c1ccco1. The lowest BCUT2D eigenvalue weighted by atomic mass is 9.73. The second-order valence-corrected chi connectivity index (χ2v) is 6.17. The third-order valence-electron chi connectivity index (χ3n) is 4.14. The molecule has 5 heteroatoms. The summed E-state index contributed by atoms with van der Waals surface area (Å²) in [7, 11) is 0. The van der Waals surface area contributed by atoms with Crippen LogP contribution < -0.4 is 10.6 Å². The molecule has 5 nitrogen and oxygen atoms in total. The van der Waals surface area contributed by atoms with Crippen LogP contribution in [0, 0.1) is 5.41 Å². The fraction of sp³-hybridized carbons (Fsp3) is 0.667. The number of aliphatic hydroxyl groups is 1. The topological polar surface area (TPSA) is 74.5 Å². The number of urea groups is 1. The van der Waals surface area contributed by atoms with Crippen LogP contribution in [0.25, 0.3) is 0 Å². The van der Waals surface area contributed by atoms with Gasteiger partial charge < -0.3 is 20.2 Å². The highest BCUT2D eigenvalue weighted by molar-refractivity contribution is 5.74. The molecule has 3 N–H and O–H groups in total. The predicted octanol–water partition coefficient (Wildman–Crippen LogP) is 2.58. The Kier molecular flexibility index (Phi) is 4.70. The molecular formula is C15H24N2O3. The number of carbonyl (C=O) groups excluding carboxylic acids is 1. The number of hydrogen-bond acceptors (Lipinski definition) is 3. The smallest absolute Gasteiger partial charge is 0.315 e. The zero-order valence-electron chi connectivity index (χ0n) is 12.2. The molecule has 0 bridgehead atoms. The van der Waals surface area contributed by atoms with Crippen molar-refractivity contribution in [2.45, 2.75) is 51.7 Å². The number of furan rings is 1. The van der Waals surface area contributed by atoms with Gasteiger partial charge in [-0.3, -0.25) is 0 Å². The van der Waals surface area contributed by atoms with Crippen molar-refractivity contribution in [2.75, 3.05) is 6.54 Å². The first-order valence-corrected chi connectivity index (χ1v) is 7.25. The highest BCUT2D eigenvalue weighted by Gasteiger charge is 2.33. The molecule has 2 rings (SSSR count). The predicted molar refractivity (Wildman–Crippen MR) is 76.2 cm³/mol. The quantitative estimate of drug-likeness (QED) is 0.793. The highest BCUT2D eigenvalue weighted by Crippen LogP contribution is 2.35. The van der Waals surface area contributed by atoms with E-state index in [0.717, 1.165) is 19.3 Å². The lowest BCUT2D eigenvalue weighted by Crippen LogP contribution is -2.50. The Hall–Kier alpha value is -1.49. The summed E-state index contributed by atoms with van der Waals surface area (Å²) in [6, 6.07) is 3.37. The van der Waals surface area contributed by atoms with Gasteiger partial charge in [0.2, 0.25) is 0 Å². The molecule has 1 heterocycles. The van der Waals surface area contributed by atoms with Crippen molar-refractivity contribution in [1.29, 1.82) is 0 Å². The summed E-state index contributed by atoms with van der Waals surface area (Å²) in [6.45, 7) is 4.52. The number of rotatable bonds is 4. The summed E-state index contributed by atoms with van der Waals surface area (Å²) in [6.07, 6.45) is 5.22. The van der Waals surface area contributed by atoms with Gasteiger partial charge in [0.1, 0.15) is 11.9 Å². The summed E-state index contributed by atoms with van der Waals surface area (Å²) in [5, 5.41) is 15.5. The van der Waals surface area contributed by atoms with E-state index in [0.29, 0.717) is 5.76 Å². The monoisotopic (exact) mass is 280 g/mol. The summed E-state index contributed by atoms with van der Waals surface area (Å²) in [5.41, 5.74) is 0.134. The first-order valence-electron chi connectivity index (χ1n) is 7.25. The fourth-order valence-corrected chi connectivity index (χ4v) is 2.74. The van der Waals surface area contributed by atoms with Crippen LogP contribution in [0.4, 0.5) is 4.79 Å². The van der Waals surface area contributed by atoms with Crippen LogP contribution in [0.2, 0.25) is 0 Å². The van der Waals surface area contributed by atoms with E-state index in [1.54, 1.807) is 12.1 Å². The summed E-state index contributed by atoms with van der Waals surface area (Å²) >= 11 is 0. The lowest BCUT2D eigenvalue weighted by Gasteiger charge is -2.39. The van der Waals surface area contributed by atoms with E-state index in [9.17, 15) is 9.90 Å². The second-order valence-electron chi connectivity index (χ2n) is 6.17. The summed E-state index contributed by atoms with van der Waals surface area (Å²) < 4.78 is 5.09. The Labute approximate surface area is 119 Å². The van der Waals surface area contributed by atoms with Gasteiger partial charge in [-0.1, -0.05) is 26.7 Å². The minimum absolute atomic E-state index is 0.134. The Balaban J connectivity index is 1.78. The van der Waals surface area contributed by atoms with Crippen LogP contribution in [-0.4, -0.2) is 23.7 Å². The lowest BCUT2D eigenvalue weighted by molar-refractivity contribution is 0.142. The Morgan fingerprint density at radius 2 is 2.35 bits per heavy atom. The molecule has 0 aromatic carbocycles. The van der Waals surface area contributed by atoms with Gasteiger partial charge in [0.15, 0.2) is 0 Å². The van der Waals surface area contributed by atoms with Crippen LogP contribution in [0.5, 0.6) is 0 Å². The molecule has 2 amide bonds. The third kappa shape index (κ3) is 3.76. The molecule has 0 saturated heterocycles. The summed E-state index contributed by atoms with van der Waals surface area (Å²) in [5.74, 6) is 0.461. The van der Waals surface area contributed by atoms with Gasteiger partial charge in [0.25, 0.3) is 0 Å². The Morgan fingerprint density at radius 3 is 3.00 bits per heavy atom. The number of amides is 2. The van der Waals surface area contributed by atoms with Gasteiger partial charge in [0, 0.05) is 6.04 Å². The van der Waals surface area contributed by atoms with Crippen molar-refractivity contribution in [2.24, 2.45) is 5.41 Å². The van der Waals surface area contributed by atoms with Gasteiger partial charge in [-0.15, -0.1) is 0 Å². The number of carbonyl (C=O) groups is 1. The molecule has 1 aliphatic rings. The van der Waals surface area contributed by atoms with Gasteiger partial charge in [-0.25, -0.2) is 4.79 Å². The fourth-order valence-electron chi connectivity index (χ4n) is 2.74. The van der Waals surface area contributed by atoms with Crippen molar-refractivity contribution < 1.29 is 14.3 Å². The van der Waals surface area contributed by atoms with Gasteiger partial charge >= 0.3 is 6.03 Å². The molecule has 1 aromatic heterocycles. The van der Waals surface area contributed by atoms with Gasteiger partial charge in [-0.05, 0) is 30.4 Å². The van der Waals surface area contributed by atoms with Crippen molar-refractivity contribution >= 4 is 6.03 Å². The van der Waals surface area contributed by atoms with E-state index in [4.69, 9.17) is 4.42 Å². The Bertz CT molecular complexity index is 428. The number of hydrogen-bond donors (Lipinski definition) is 3. The summed E-state index contributed by atoms with van der Waals surface area (Å²) in [4.78, 5) is 11.9. The number of nitrogens with one attached hydrogen (secondary N) is 2.